The SMILES string of the molecule is CCOc1c(Cl)cc(/C=N/Nc2ccc(C)c(C)c2)cc1Cl. The molecule has 2 aromatic rings. The first kappa shape index (κ1) is 16.7. The third-order valence-electron chi connectivity index (χ3n) is 3.22. The van der Waals surface area contributed by atoms with Crippen LogP contribution in [0.15, 0.2) is 35.4 Å². The highest BCUT2D eigenvalue weighted by atomic mass is 35.5. The number of rotatable bonds is 5. The zero-order valence-electron chi connectivity index (χ0n) is 12.8. The van der Waals surface area contributed by atoms with Crippen molar-refractivity contribution in [3.05, 3.63) is 57.1 Å². The topological polar surface area (TPSA) is 33.6 Å². The molecule has 5 heteroatoms. The maximum atomic E-state index is 6.16. The summed E-state index contributed by atoms with van der Waals surface area (Å²) < 4.78 is 5.40. The summed E-state index contributed by atoms with van der Waals surface area (Å²) in [4.78, 5) is 0. The minimum Gasteiger partial charge on any atom is -0.491 e. The number of benzene rings is 2. The third-order valence-corrected chi connectivity index (χ3v) is 3.78. The summed E-state index contributed by atoms with van der Waals surface area (Å²) >= 11 is 12.3. The molecule has 0 spiro atoms. The highest BCUT2D eigenvalue weighted by Crippen LogP contribution is 2.33. The maximum Gasteiger partial charge on any atom is 0.156 e. The smallest absolute Gasteiger partial charge is 0.156 e. The van der Waals surface area contributed by atoms with Crippen molar-refractivity contribution < 1.29 is 4.74 Å². The van der Waals surface area contributed by atoms with Crippen LogP contribution in [0, 0.1) is 13.8 Å². The van der Waals surface area contributed by atoms with E-state index in [1.165, 1.54) is 11.1 Å². The van der Waals surface area contributed by atoms with Crippen molar-refractivity contribution in [2.45, 2.75) is 20.8 Å². The van der Waals surface area contributed by atoms with Crippen molar-refractivity contribution in [3.8, 4) is 5.75 Å². The van der Waals surface area contributed by atoms with Gasteiger partial charge in [-0.3, -0.25) is 5.43 Å². The normalized spacial score (nSPS) is 11.0. The first-order valence-electron chi connectivity index (χ1n) is 6.99. The van der Waals surface area contributed by atoms with Crippen molar-refractivity contribution >= 4 is 35.1 Å². The lowest BCUT2D eigenvalue weighted by Gasteiger charge is -2.08. The van der Waals surface area contributed by atoms with E-state index < -0.39 is 0 Å². The monoisotopic (exact) mass is 336 g/mol. The van der Waals surface area contributed by atoms with Crippen molar-refractivity contribution in [1.29, 1.82) is 0 Å². The second kappa shape index (κ2) is 7.52. The first-order chi connectivity index (χ1) is 10.5. The van der Waals surface area contributed by atoms with E-state index in [1.54, 1.807) is 18.3 Å². The van der Waals surface area contributed by atoms with Crippen LogP contribution in [-0.2, 0) is 0 Å². The Morgan fingerprint density at radius 1 is 1.09 bits per heavy atom. The Balaban J connectivity index is 2.11. The van der Waals surface area contributed by atoms with E-state index in [-0.39, 0.29) is 0 Å². The van der Waals surface area contributed by atoms with Crippen LogP contribution in [0.25, 0.3) is 0 Å². The van der Waals surface area contributed by atoms with Crippen LogP contribution < -0.4 is 10.2 Å². The van der Waals surface area contributed by atoms with Gasteiger partial charge in [0.1, 0.15) is 0 Å². The van der Waals surface area contributed by atoms with Gasteiger partial charge in [0, 0.05) is 0 Å². The molecule has 0 bridgehead atoms. The summed E-state index contributed by atoms with van der Waals surface area (Å²) in [5.74, 6) is 0.505. The average molecular weight is 337 g/mol. The van der Waals surface area contributed by atoms with Crippen molar-refractivity contribution in [3.63, 3.8) is 0 Å². The summed E-state index contributed by atoms with van der Waals surface area (Å²) in [6, 6.07) is 9.62. The summed E-state index contributed by atoms with van der Waals surface area (Å²) in [6.07, 6.45) is 1.67. The molecule has 0 radical (unpaired) electrons. The Bertz CT molecular complexity index is 676. The van der Waals surface area contributed by atoms with E-state index in [4.69, 9.17) is 27.9 Å². The van der Waals surface area contributed by atoms with E-state index in [9.17, 15) is 0 Å². The average Bonchev–Trinajstić information content (AvgIpc) is 2.47. The molecule has 1 N–H and O–H groups in total. The number of anilines is 1. The molecule has 0 aliphatic carbocycles. The standard InChI is InChI=1S/C17H18Cl2N2O/c1-4-22-17-15(18)8-13(9-16(17)19)10-20-21-14-6-5-11(2)12(3)7-14/h5-10,21H,4H2,1-3H3/b20-10+. The van der Waals surface area contributed by atoms with Crippen LogP contribution >= 0.6 is 23.2 Å². The van der Waals surface area contributed by atoms with Gasteiger partial charge >= 0.3 is 0 Å². The fraction of sp³-hybridized carbons (Fsp3) is 0.235. The summed E-state index contributed by atoms with van der Waals surface area (Å²) in [5.41, 5.74) is 7.19. The van der Waals surface area contributed by atoms with Crippen LogP contribution in [0.3, 0.4) is 0 Å². The molecule has 0 atom stereocenters. The quantitative estimate of drug-likeness (QED) is 0.581. The van der Waals surface area contributed by atoms with Gasteiger partial charge in [-0.1, -0.05) is 29.3 Å². The van der Waals surface area contributed by atoms with Gasteiger partial charge in [0.25, 0.3) is 0 Å². The van der Waals surface area contributed by atoms with Gasteiger partial charge in [-0.2, -0.15) is 5.10 Å². The van der Waals surface area contributed by atoms with Gasteiger partial charge in [-0.15, -0.1) is 0 Å². The molecule has 2 aromatic carbocycles. The van der Waals surface area contributed by atoms with Gasteiger partial charge in [0.15, 0.2) is 5.75 Å². The summed E-state index contributed by atoms with van der Waals surface area (Å²) in [6.45, 7) is 6.54. The van der Waals surface area contributed by atoms with Crippen molar-refractivity contribution in [1.82, 2.24) is 0 Å². The number of nitrogens with zero attached hydrogens (tertiary/aromatic N) is 1. The molecular formula is C17H18Cl2N2O. The summed E-state index contributed by atoms with van der Waals surface area (Å²) in [7, 11) is 0. The minimum atomic E-state index is 0.474. The van der Waals surface area contributed by atoms with Crippen molar-refractivity contribution in [2.75, 3.05) is 12.0 Å². The van der Waals surface area contributed by atoms with E-state index in [2.05, 4.69) is 30.4 Å². The van der Waals surface area contributed by atoms with Crippen LogP contribution in [0.4, 0.5) is 5.69 Å². The van der Waals surface area contributed by atoms with Crippen molar-refractivity contribution in [2.24, 2.45) is 5.10 Å². The van der Waals surface area contributed by atoms with Gasteiger partial charge < -0.3 is 4.74 Å². The number of ether oxygens (including phenoxy) is 1. The lowest BCUT2D eigenvalue weighted by atomic mass is 10.1. The van der Waals surface area contributed by atoms with Crippen LogP contribution in [-0.4, -0.2) is 12.8 Å². The summed E-state index contributed by atoms with van der Waals surface area (Å²) in [5, 5.41) is 5.16. The molecule has 0 saturated carbocycles. The molecule has 0 aliphatic heterocycles. The zero-order valence-corrected chi connectivity index (χ0v) is 14.3. The van der Waals surface area contributed by atoms with E-state index in [0.717, 1.165) is 11.3 Å². The van der Waals surface area contributed by atoms with E-state index in [1.807, 2.05) is 19.1 Å². The maximum absolute atomic E-state index is 6.16. The molecule has 0 saturated heterocycles. The Morgan fingerprint density at radius 3 is 2.36 bits per heavy atom. The second-order valence-electron chi connectivity index (χ2n) is 4.92. The largest absolute Gasteiger partial charge is 0.491 e. The molecule has 0 aromatic heterocycles. The van der Waals surface area contributed by atoms with Gasteiger partial charge in [0.05, 0.1) is 28.6 Å². The predicted octanol–water partition coefficient (Wildman–Crippen LogP) is 5.45. The van der Waals surface area contributed by atoms with Crippen LogP contribution in [0.5, 0.6) is 5.75 Å². The number of aryl methyl sites for hydroxylation is 2. The fourth-order valence-electron chi connectivity index (χ4n) is 1.93. The van der Waals surface area contributed by atoms with E-state index in [0.29, 0.717) is 22.4 Å². The molecule has 0 fully saturated rings. The van der Waals surface area contributed by atoms with Crippen LogP contribution in [0.1, 0.15) is 23.6 Å². The molecule has 116 valence electrons. The fourth-order valence-corrected chi connectivity index (χ4v) is 2.54. The lowest BCUT2D eigenvalue weighted by Crippen LogP contribution is -1.96. The number of hydrogen-bond donors (Lipinski definition) is 1. The molecular weight excluding hydrogens is 319 g/mol. The highest BCUT2D eigenvalue weighted by molar-refractivity contribution is 6.37. The molecule has 2 rings (SSSR count). The highest BCUT2D eigenvalue weighted by Gasteiger charge is 2.08. The Kier molecular flexibility index (Phi) is 5.69. The van der Waals surface area contributed by atoms with Crippen LogP contribution in [0.2, 0.25) is 10.0 Å². The van der Waals surface area contributed by atoms with Gasteiger partial charge in [0.2, 0.25) is 0 Å². The first-order valence-corrected chi connectivity index (χ1v) is 7.75. The molecule has 0 heterocycles. The number of hydrogen-bond acceptors (Lipinski definition) is 3. The minimum absolute atomic E-state index is 0.474. The number of nitrogens with one attached hydrogen (secondary N) is 1. The third kappa shape index (κ3) is 4.15. The second-order valence-corrected chi connectivity index (χ2v) is 5.73. The lowest BCUT2D eigenvalue weighted by molar-refractivity contribution is 0.340. The van der Waals surface area contributed by atoms with E-state index >= 15 is 0 Å². The van der Waals surface area contributed by atoms with Gasteiger partial charge in [-0.05, 0) is 61.7 Å². The molecule has 0 unspecified atom stereocenters. The zero-order chi connectivity index (χ0) is 16.1. The number of halogens is 2. The Hall–Kier alpha value is -1.71. The molecule has 22 heavy (non-hydrogen) atoms. The predicted molar refractivity (Wildman–Crippen MR) is 94.8 cm³/mol. The molecule has 0 amide bonds. The Morgan fingerprint density at radius 2 is 1.77 bits per heavy atom. The molecule has 0 aliphatic rings. The van der Waals surface area contributed by atoms with Gasteiger partial charge in [-0.25, -0.2) is 0 Å². The molecule has 3 nitrogen and oxygen atoms in total. The Labute approximate surface area is 140 Å². The number of hydrazone groups is 1.